The Bertz CT molecular complexity index is 281. The number of anilines is 1. The van der Waals surface area contributed by atoms with E-state index in [4.69, 9.17) is 10.3 Å². The van der Waals surface area contributed by atoms with E-state index in [-0.39, 0.29) is 5.41 Å². The monoisotopic (exact) mass is 232 g/mol. The second kappa shape index (κ2) is 3.09. The van der Waals surface area contributed by atoms with Crippen LogP contribution in [0.3, 0.4) is 0 Å². The van der Waals surface area contributed by atoms with Crippen molar-refractivity contribution in [1.82, 2.24) is 5.16 Å². The van der Waals surface area contributed by atoms with Crippen molar-refractivity contribution in [3.63, 3.8) is 0 Å². The highest BCUT2D eigenvalue weighted by Crippen LogP contribution is 2.35. The van der Waals surface area contributed by atoms with Gasteiger partial charge < -0.3 is 10.3 Å². The molecule has 0 spiro atoms. The van der Waals surface area contributed by atoms with Crippen LogP contribution in [0.1, 0.15) is 33.0 Å². The number of hydrogen-bond acceptors (Lipinski definition) is 3. The van der Waals surface area contributed by atoms with Crippen LogP contribution in [0.4, 0.5) is 5.82 Å². The molecule has 0 aliphatic heterocycles. The summed E-state index contributed by atoms with van der Waals surface area (Å²) in [6.07, 6.45) is 0.986. The molecule has 1 heterocycles. The molecule has 1 aromatic rings. The maximum atomic E-state index is 5.54. The van der Waals surface area contributed by atoms with Gasteiger partial charge in [-0.2, -0.15) is 0 Å². The summed E-state index contributed by atoms with van der Waals surface area (Å²) in [6, 6.07) is 0. The Morgan fingerprint density at radius 2 is 2.17 bits per heavy atom. The first-order chi connectivity index (χ1) is 5.49. The summed E-state index contributed by atoms with van der Waals surface area (Å²) in [7, 11) is 0. The number of rotatable bonds is 2. The molecule has 1 aromatic heterocycles. The summed E-state index contributed by atoms with van der Waals surface area (Å²) >= 11 is 3.35. The predicted molar refractivity (Wildman–Crippen MR) is 51.9 cm³/mol. The fourth-order valence-electron chi connectivity index (χ4n) is 0.872. The first-order valence-electron chi connectivity index (χ1n) is 3.90. The Balaban J connectivity index is 3.11. The molecule has 0 saturated heterocycles. The molecular formula is C8H13BrN2O. The van der Waals surface area contributed by atoms with Gasteiger partial charge in [0.25, 0.3) is 0 Å². The van der Waals surface area contributed by atoms with Crippen LogP contribution in [-0.4, -0.2) is 5.16 Å². The highest BCUT2D eigenvalue weighted by Gasteiger charge is 2.27. The molecule has 0 atom stereocenters. The third-order valence-electron chi connectivity index (χ3n) is 2.16. The van der Waals surface area contributed by atoms with Crippen molar-refractivity contribution >= 4 is 21.7 Å². The molecule has 0 unspecified atom stereocenters. The summed E-state index contributed by atoms with van der Waals surface area (Å²) in [5.74, 6) is 1.24. The molecule has 0 amide bonds. The number of halogens is 1. The van der Waals surface area contributed by atoms with E-state index in [9.17, 15) is 0 Å². The minimum atomic E-state index is -0.0105. The lowest BCUT2D eigenvalue weighted by Gasteiger charge is -2.18. The number of nitrogens with zero attached hydrogens (tertiary/aromatic N) is 1. The normalized spacial score (nSPS) is 12.0. The van der Waals surface area contributed by atoms with Crippen LogP contribution >= 0.6 is 15.9 Å². The van der Waals surface area contributed by atoms with Gasteiger partial charge in [-0.05, 0) is 22.4 Å². The quantitative estimate of drug-likeness (QED) is 0.854. The molecule has 4 heteroatoms. The van der Waals surface area contributed by atoms with Crippen molar-refractivity contribution in [3.05, 3.63) is 10.2 Å². The van der Waals surface area contributed by atoms with Crippen molar-refractivity contribution in [2.24, 2.45) is 0 Å². The largest absolute Gasteiger partial charge is 0.380 e. The van der Waals surface area contributed by atoms with Gasteiger partial charge in [-0.25, -0.2) is 0 Å². The lowest BCUT2D eigenvalue weighted by molar-refractivity contribution is 0.310. The lowest BCUT2D eigenvalue weighted by atomic mass is 9.87. The van der Waals surface area contributed by atoms with Gasteiger partial charge >= 0.3 is 0 Å². The minimum Gasteiger partial charge on any atom is -0.380 e. The van der Waals surface area contributed by atoms with Crippen molar-refractivity contribution in [3.8, 4) is 0 Å². The average Bonchev–Trinajstić information content (AvgIpc) is 2.33. The Morgan fingerprint density at radius 3 is 2.50 bits per heavy atom. The molecule has 1 rings (SSSR count). The van der Waals surface area contributed by atoms with E-state index in [1.807, 2.05) is 0 Å². The number of nitrogen functional groups attached to an aromatic ring is 1. The standard InChI is InChI=1S/C8H13BrN2O/c1-4-8(2,3)6-5(9)7(10)11-12-6/h4H2,1-3H3,(H2,10,11). The van der Waals surface area contributed by atoms with Crippen molar-refractivity contribution < 1.29 is 4.52 Å². The number of nitrogens with two attached hydrogens (primary N) is 1. The zero-order valence-corrected chi connectivity index (χ0v) is 9.10. The van der Waals surface area contributed by atoms with Gasteiger partial charge in [-0.15, -0.1) is 0 Å². The molecule has 12 heavy (non-hydrogen) atoms. The second-order valence-electron chi connectivity index (χ2n) is 3.45. The van der Waals surface area contributed by atoms with Crippen molar-refractivity contribution in [2.45, 2.75) is 32.6 Å². The van der Waals surface area contributed by atoms with Gasteiger partial charge in [0.15, 0.2) is 11.6 Å². The van der Waals surface area contributed by atoms with E-state index in [1.165, 1.54) is 0 Å². The van der Waals surface area contributed by atoms with E-state index < -0.39 is 0 Å². The van der Waals surface area contributed by atoms with E-state index in [2.05, 4.69) is 41.9 Å². The molecule has 0 aliphatic carbocycles. The first-order valence-corrected chi connectivity index (χ1v) is 4.69. The third-order valence-corrected chi connectivity index (χ3v) is 2.92. The molecular weight excluding hydrogens is 220 g/mol. The number of aromatic nitrogens is 1. The van der Waals surface area contributed by atoms with Crippen LogP contribution in [-0.2, 0) is 5.41 Å². The average molecular weight is 233 g/mol. The molecule has 0 aliphatic rings. The van der Waals surface area contributed by atoms with Crippen molar-refractivity contribution in [2.75, 3.05) is 5.73 Å². The maximum absolute atomic E-state index is 5.54. The van der Waals surface area contributed by atoms with Crippen molar-refractivity contribution in [1.29, 1.82) is 0 Å². The van der Waals surface area contributed by atoms with E-state index in [1.54, 1.807) is 0 Å². The van der Waals surface area contributed by atoms with Crippen LogP contribution in [0.5, 0.6) is 0 Å². The van der Waals surface area contributed by atoms with Gasteiger partial charge in [0.05, 0.1) is 0 Å². The third kappa shape index (κ3) is 1.48. The minimum absolute atomic E-state index is 0.0105. The van der Waals surface area contributed by atoms with Crippen LogP contribution in [0.15, 0.2) is 9.00 Å². The molecule has 2 N–H and O–H groups in total. The van der Waals surface area contributed by atoms with Crippen LogP contribution in [0, 0.1) is 0 Å². The van der Waals surface area contributed by atoms with Gasteiger partial charge in [-0.1, -0.05) is 25.9 Å². The van der Waals surface area contributed by atoms with Gasteiger partial charge in [0.1, 0.15) is 4.47 Å². The number of hydrogen-bond donors (Lipinski definition) is 1. The summed E-state index contributed by atoms with van der Waals surface area (Å²) in [5, 5.41) is 3.69. The Labute approximate surface area is 80.4 Å². The summed E-state index contributed by atoms with van der Waals surface area (Å²) in [4.78, 5) is 0. The van der Waals surface area contributed by atoms with Crippen LogP contribution in [0.25, 0.3) is 0 Å². The molecule has 0 saturated carbocycles. The second-order valence-corrected chi connectivity index (χ2v) is 4.24. The molecule has 3 nitrogen and oxygen atoms in total. The summed E-state index contributed by atoms with van der Waals surface area (Å²) in [5.41, 5.74) is 5.53. The van der Waals surface area contributed by atoms with E-state index in [0.29, 0.717) is 5.82 Å². The molecule has 0 fully saturated rings. The lowest BCUT2D eigenvalue weighted by Crippen LogP contribution is -2.14. The fourth-order valence-corrected chi connectivity index (χ4v) is 1.55. The predicted octanol–water partition coefficient (Wildman–Crippen LogP) is 2.71. The van der Waals surface area contributed by atoms with Gasteiger partial charge in [0.2, 0.25) is 0 Å². The SMILES string of the molecule is CCC(C)(C)c1onc(N)c1Br. The Kier molecular flexibility index (Phi) is 2.46. The molecule has 0 aromatic carbocycles. The van der Waals surface area contributed by atoms with Crippen LogP contribution < -0.4 is 5.73 Å². The van der Waals surface area contributed by atoms with Gasteiger partial charge in [0, 0.05) is 5.41 Å². The topological polar surface area (TPSA) is 52.0 Å². The Morgan fingerprint density at radius 1 is 1.58 bits per heavy atom. The fraction of sp³-hybridized carbons (Fsp3) is 0.625. The van der Waals surface area contributed by atoms with E-state index >= 15 is 0 Å². The molecule has 68 valence electrons. The zero-order valence-electron chi connectivity index (χ0n) is 7.52. The smallest absolute Gasteiger partial charge is 0.181 e. The van der Waals surface area contributed by atoms with Gasteiger partial charge in [-0.3, -0.25) is 0 Å². The molecule has 0 bridgehead atoms. The Hall–Kier alpha value is -0.510. The maximum Gasteiger partial charge on any atom is 0.181 e. The first kappa shape index (κ1) is 9.58. The van der Waals surface area contributed by atoms with E-state index in [0.717, 1.165) is 16.7 Å². The zero-order chi connectivity index (χ0) is 9.35. The summed E-state index contributed by atoms with van der Waals surface area (Å²) in [6.45, 7) is 6.29. The van der Waals surface area contributed by atoms with Crippen LogP contribution in [0.2, 0.25) is 0 Å². The molecule has 0 radical (unpaired) electrons. The highest BCUT2D eigenvalue weighted by atomic mass is 79.9. The summed E-state index contributed by atoms with van der Waals surface area (Å²) < 4.78 is 5.92. The highest BCUT2D eigenvalue weighted by molar-refractivity contribution is 9.10.